The molecule has 0 atom stereocenters. The highest BCUT2D eigenvalue weighted by atomic mass is 19.3. The maximum Gasteiger partial charge on any atom is 0.360 e. The fourth-order valence-electron chi connectivity index (χ4n) is 6.37. The third-order valence-electron chi connectivity index (χ3n) is 8.71. The number of alkyl halides is 2. The molecule has 0 N–H and O–H groups in total. The molecule has 0 spiro atoms. The Labute approximate surface area is 227 Å². The topological polar surface area (TPSA) is 9.23 Å². The van der Waals surface area contributed by atoms with Gasteiger partial charge in [-0.15, -0.1) is 6.58 Å². The summed E-state index contributed by atoms with van der Waals surface area (Å²) >= 11 is 0. The Morgan fingerprint density at radius 2 is 1.53 bits per heavy atom. The van der Waals surface area contributed by atoms with Gasteiger partial charge in [0.1, 0.15) is 5.82 Å². The molecule has 1 nitrogen and oxygen atoms in total. The Hall–Kier alpha value is -2.33. The van der Waals surface area contributed by atoms with Crippen LogP contribution in [0.15, 0.2) is 67.3 Å². The van der Waals surface area contributed by atoms with Gasteiger partial charge in [0.15, 0.2) is 0 Å². The number of ether oxygens (including phenoxy) is 1. The second-order valence-corrected chi connectivity index (χ2v) is 11.4. The van der Waals surface area contributed by atoms with E-state index in [1.54, 1.807) is 18.2 Å². The van der Waals surface area contributed by atoms with Crippen LogP contribution in [-0.4, -0.2) is 6.11 Å². The zero-order valence-electron chi connectivity index (χ0n) is 22.8. The number of hydrogen-bond donors (Lipinski definition) is 0. The van der Waals surface area contributed by atoms with E-state index in [4.69, 9.17) is 4.74 Å². The van der Waals surface area contributed by atoms with Gasteiger partial charge < -0.3 is 4.74 Å². The van der Waals surface area contributed by atoms with Crippen molar-refractivity contribution in [1.82, 2.24) is 0 Å². The average molecular weight is 525 g/mol. The molecular formula is C34H43F3O. The fraction of sp³-hybridized carbons (Fsp3) is 0.529. The molecule has 2 saturated carbocycles. The second-order valence-electron chi connectivity index (χ2n) is 11.4. The Balaban J connectivity index is 1.26. The average Bonchev–Trinajstić information content (AvgIpc) is 2.92. The van der Waals surface area contributed by atoms with Crippen molar-refractivity contribution in [2.24, 2.45) is 11.8 Å². The lowest BCUT2D eigenvalue weighted by Gasteiger charge is -2.28. The molecule has 0 bridgehead atoms. The number of rotatable bonds is 11. The van der Waals surface area contributed by atoms with E-state index in [9.17, 15) is 13.2 Å². The molecule has 2 aliphatic rings. The van der Waals surface area contributed by atoms with Crippen LogP contribution in [0.5, 0.6) is 0 Å². The number of halogens is 3. The Kier molecular flexibility index (Phi) is 10.3. The molecule has 2 aromatic carbocycles. The summed E-state index contributed by atoms with van der Waals surface area (Å²) in [7, 11) is 0. The van der Waals surface area contributed by atoms with E-state index in [-0.39, 0.29) is 5.56 Å². The Morgan fingerprint density at radius 1 is 0.895 bits per heavy atom. The van der Waals surface area contributed by atoms with Crippen LogP contribution in [-0.2, 0) is 17.8 Å². The first-order chi connectivity index (χ1) is 18.4. The molecule has 206 valence electrons. The van der Waals surface area contributed by atoms with Gasteiger partial charge in [-0.2, -0.15) is 8.78 Å². The molecule has 0 saturated heterocycles. The zero-order valence-corrected chi connectivity index (χ0v) is 22.8. The van der Waals surface area contributed by atoms with E-state index in [1.807, 2.05) is 31.2 Å². The van der Waals surface area contributed by atoms with Gasteiger partial charge in [-0.25, -0.2) is 4.39 Å². The number of benzene rings is 2. The van der Waals surface area contributed by atoms with Gasteiger partial charge in [0, 0.05) is 5.56 Å². The van der Waals surface area contributed by atoms with Crippen LogP contribution < -0.4 is 0 Å². The van der Waals surface area contributed by atoms with Gasteiger partial charge in [0.25, 0.3) is 0 Å². The smallest absolute Gasteiger partial charge is 0.315 e. The summed E-state index contributed by atoms with van der Waals surface area (Å²) in [5.41, 5.74) is 2.90. The highest BCUT2D eigenvalue weighted by Crippen LogP contribution is 2.39. The minimum absolute atomic E-state index is 0.176. The van der Waals surface area contributed by atoms with Crippen molar-refractivity contribution < 1.29 is 17.9 Å². The Morgan fingerprint density at radius 3 is 2.16 bits per heavy atom. The summed E-state index contributed by atoms with van der Waals surface area (Å²) in [6.45, 7) is 5.41. The predicted molar refractivity (Wildman–Crippen MR) is 150 cm³/mol. The third-order valence-corrected chi connectivity index (χ3v) is 8.71. The first-order valence-electron chi connectivity index (χ1n) is 14.5. The molecule has 0 unspecified atom stereocenters. The predicted octanol–water partition coefficient (Wildman–Crippen LogP) is 10.3. The van der Waals surface area contributed by atoms with E-state index in [0.29, 0.717) is 23.3 Å². The summed E-state index contributed by atoms with van der Waals surface area (Å²) in [6, 6.07) is 12.6. The first kappa shape index (κ1) is 28.7. The van der Waals surface area contributed by atoms with Crippen LogP contribution >= 0.6 is 0 Å². The maximum absolute atomic E-state index is 14.8. The first-order valence-corrected chi connectivity index (χ1v) is 14.5. The molecule has 0 heterocycles. The van der Waals surface area contributed by atoms with Crippen LogP contribution in [0, 0.1) is 17.7 Å². The quantitative estimate of drug-likeness (QED) is 0.266. The summed E-state index contributed by atoms with van der Waals surface area (Å²) < 4.78 is 49.0. The van der Waals surface area contributed by atoms with E-state index in [2.05, 4.69) is 18.7 Å². The van der Waals surface area contributed by atoms with Gasteiger partial charge in [0.05, 0.1) is 13.0 Å². The summed E-state index contributed by atoms with van der Waals surface area (Å²) in [5.74, 6) is 1.77. The fourth-order valence-corrected chi connectivity index (χ4v) is 6.37. The van der Waals surface area contributed by atoms with Crippen molar-refractivity contribution in [3.05, 3.63) is 95.3 Å². The molecule has 0 aromatic heterocycles. The van der Waals surface area contributed by atoms with E-state index < -0.39 is 25.0 Å². The standard InChI is InChI=1S/C34H43F3O/c1-3-5-7-26-10-14-28(15-11-26)29-18-12-27(13-19-29)23-34(36,37)38-24-32-21-20-31(22-33(32)35)30-16-8-25(6-4-2)9-17-30/h3-4,6,12-13,18-22,25-26,28,30H,1,5,7-11,14-17,23-24H2,2H3/b6-4+. The van der Waals surface area contributed by atoms with Crippen LogP contribution in [0.4, 0.5) is 13.2 Å². The summed E-state index contributed by atoms with van der Waals surface area (Å²) in [4.78, 5) is 0. The molecule has 4 heteroatoms. The summed E-state index contributed by atoms with van der Waals surface area (Å²) in [6.07, 6.45) is 13.8. The second kappa shape index (κ2) is 13.6. The van der Waals surface area contributed by atoms with Gasteiger partial charge in [0.2, 0.25) is 0 Å². The van der Waals surface area contributed by atoms with Crippen molar-refractivity contribution >= 4 is 0 Å². The van der Waals surface area contributed by atoms with Gasteiger partial charge in [-0.05, 0) is 118 Å². The molecule has 2 fully saturated rings. The zero-order chi connectivity index (χ0) is 27.0. The van der Waals surface area contributed by atoms with E-state index >= 15 is 0 Å². The van der Waals surface area contributed by atoms with Crippen LogP contribution in [0.3, 0.4) is 0 Å². The molecule has 0 radical (unpaired) electrons. The highest BCUT2D eigenvalue weighted by Gasteiger charge is 2.31. The number of allylic oxidation sites excluding steroid dienone is 3. The van der Waals surface area contributed by atoms with E-state index in [1.165, 1.54) is 30.9 Å². The molecule has 2 aromatic rings. The largest absolute Gasteiger partial charge is 0.360 e. The lowest BCUT2D eigenvalue weighted by molar-refractivity contribution is -0.244. The van der Waals surface area contributed by atoms with Crippen molar-refractivity contribution in [1.29, 1.82) is 0 Å². The van der Waals surface area contributed by atoms with E-state index in [0.717, 1.165) is 56.4 Å². The molecular weight excluding hydrogens is 481 g/mol. The normalized spacial score (nSPS) is 24.5. The van der Waals surface area contributed by atoms with Gasteiger partial charge in [-0.1, -0.05) is 54.6 Å². The monoisotopic (exact) mass is 524 g/mol. The number of hydrogen-bond acceptors (Lipinski definition) is 1. The van der Waals surface area contributed by atoms with Crippen LogP contribution in [0.1, 0.15) is 105 Å². The Bertz CT molecular complexity index is 1040. The maximum atomic E-state index is 14.8. The van der Waals surface area contributed by atoms with Crippen molar-refractivity contribution in [3.63, 3.8) is 0 Å². The summed E-state index contributed by atoms with van der Waals surface area (Å²) in [5, 5.41) is 0. The molecule has 4 rings (SSSR count). The van der Waals surface area contributed by atoms with Crippen LogP contribution in [0.2, 0.25) is 0 Å². The van der Waals surface area contributed by atoms with Gasteiger partial charge in [-0.3, -0.25) is 0 Å². The minimum Gasteiger partial charge on any atom is -0.315 e. The van der Waals surface area contributed by atoms with Crippen molar-refractivity contribution in [3.8, 4) is 0 Å². The lowest BCUT2D eigenvalue weighted by atomic mass is 9.77. The van der Waals surface area contributed by atoms with Gasteiger partial charge >= 0.3 is 6.11 Å². The molecule has 2 aliphatic carbocycles. The SMILES string of the molecule is C=CCCC1CCC(c2ccc(CC(F)(F)OCc3ccc(C4CCC(/C=C/C)CC4)cc3F)cc2)CC1. The third kappa shape index (κ3) is 8.09. The van der Waals surface area contributed by atoms with Crippen LogP contribution in [0.25, 0.3) is 0 Å². The van der Waals surface area contributed by atoms with Crippen molar-refractivity contribution in [2.45, 2.75) is 102 Å². The highest BCUT2D eigenvalue weighted by molar-refractivity contribution is 5.28. The minimum atomic E-state index is -3.36. The lowest BCUT2D eigenvalue weighted by Crippen LogP contribution is -2.24. The van der Waals surface area contributed by atoms with Crippen molar-refractivity contribution in [2.75, 3.05) is 0 Å². The molecule has 38 heavy (non-hydrogen) atoms. The molecule has 0 aliphatic heterocycles. The molecule has 0 amide bonds.